The molecule has 0 saturated carbocycles. The third-order valence-electron chi connectivity index (χ3n) is 2.21. The van der Waals surface area contributed by atoms with Crippen LogP contribution in [0.4, 0.5) is 0 Å². The molecule has 0 spiro atoms. The van der Waals surface area contributed by atoms with Gasteiger partial charge in [0.1, 0.15) is 6.04 Å². The third-order valence-corrected chi connectivity index (χ3v) is 2.21. The molecular formula is C11H20N2O5. The average molecular weight is 260 g/mol. The van der Waals surface area contributed by atoms with E-state index in [2.05, 4.69) is 15.4 Å². The third kappa shape index (κ3) is 7.61. The molecule has 0 saturated heterocycles. The van der Waals surface area contributed by atoms with Crippen molar-refractivity contribution in [2.24, 2.45) is 0 Å². The zero-order chi connectivity index (χ0) is 14.0. The molecule has 0 fully saturated rings. The van der Waals surface area contributed by atoms with E-state index < -0.39 is 23.9 Å². The standard InChI is InChI=1S/C11H20N2O5/c1-3-6-12-7-9(14)13-8(11(16)17)4-5-10(15)18-2/h8,12H,3-7H2,1-2H3,(H,13,14)(H,16,17)/t8-/m0/s1. The summed E-state index contributed by atoms with van der Waals surface area (Å²) in [6, 6.07) is -1.07. The summed E-state index contributed by atoms with van der Waals surface area (Å²) in [5, 5.41) is 14.1. The molecule has 1 amide bonds. The average Bonchev–Trinajstić information content (AvgIpc) is 2.33. The van der Waals surface area contributed by atoms with E-state index in [1.165, 1.54) is 7.11 Å². The summed E-state index contributed by atoms with van der Waals surface area (Å²) in [6.07, 6.45) is 0.857. The molecule has 0 unspecified atom stereocenters. The molecule has 3 N–H and O–H groups in total. The number of esters is 1. The Labute approximate surface area is 106 Å². The highest BCUT2D eigenvalue weighted by Gasteiger charge is 2.20. The molecule has 0 aromatic carbocycles. The van der Waals surface area contributed by atoms with Crippen molar-refractivity contribution in [3.05, 3.63) is 0 Å². The van der Waals surface area contributed by atoms with E-state index in [0.717, 1.165) is 6.42 Å². The fourth-order valence-corrected chi connectivity index (χ4v) is 1.25. The number of aliphatic carboxylic acids is 1. The van der Waals surface area contributed by atoms with Crippen molar-refractivity contribution in [3.63, 3.8) is 0 Å². The van der Waals surface area contributed by atoms with Gasteiger partial charge in [-0.2, -0.15) is 0 Å². The number of nitrogens with one attached hydrogen (secondary N) is 2. The van der Waals surface area contributed by atoms with Crippen molar-refractivity contribution in [2.45, 2.75) is 32.2 Å². The quantitative estimate of drug-likeness (QED) is 0.381. The van der Waals surface area contributed by atoms with Crippen molar-refractivity contribution < 1.29 is 24.2 Å². The van der Waals surface area contributed by atoms with Crippen LogP contribution in [-0.2, 0) is 19.1 Å². The summed E-state index contributed by atoms with van der Waals surface area (Å²) < 4.78 is 4.41. The first kappa shape index (κ1) is 16.4. The first-order valence-corrected chi connectivity index (χ1v) is 5.81. The van der Waals surface area contributed by atoms with Gasteiger partial charge in [0, 0.05) is 6.42 Å². The molecule has 0 aromatic rings. The van der Waals surface area contributed by atoms with Crippen LogP contribution in [0.5, 0.6) is 0 Å². The lowest BCUT2D eigenvalue weighted by Crippen LogP contribution is -2.44. The summed E-state index contributed by atoms with van der Waals surface area (Å²) in [5.74, 6) is -2.07. The number of carboxylic acids is 1. The Balaban J connectivity index is 4.06. The lowest BCUT2D eigenvalue weighted by molar-refractivity contribution is -0.144. The Hall–Kier alpha value is -1.63. The van der Waals surface area contributed by atoms with Gasteiger partial charge in [-0.25, -0.2) is 4.79 Å². The molecular weight excluding hydrogens is 240 g/mol. The maximum absolute atomic E-state index is 11.4. The smallest absolute Gasteiger partial charge is 0.326 e. The van der Waals surface area contributed by atoms with Gasteiger partial charge in [-0.1, -0.05) is 6.92 Å². The van der Waals surface area contributed by atoms with Gasteiger partial charge >= 0.3 is 11.9 Å². The van der Waals surface area contributed by atoms with E-state index in [1.807, 2.05) is 6.92 Å². The van der Waals surface area contributed by atoms with Crippen LogP contribution in [0.3, 0.4) is 0 Å². The highest BCUT2D eigenvalue weighted by atomic mass is 16.5. The molecule has 104 valence electrons. The van der Waals surface area contributed by atoms with Crippen molar-refractivity contribution in [2.75, 3.05) is 20.2 Å². The minimum Gasteiger partial charge on any atom is -0.480 e. The molecule has 0 rings (SSSR count). The van der Waals surface area contributed by atoms with Crippen molar-refractivity contribution >= 4 is 17.8 Å². The second kappa shape index (κ2) is 9.41. The normalized spacial score (nSPS) is 11.7. The largest absolute Gasteiger partial charge is 0.480 e. The van der Waals surface area contributed by atoms with Gasteiger partial charge in [-0.05, 0) is 19.4 Å². The van der Waals surface area contributed by atoms with Gasteiger partial charge in [0.05, 0.1) is 13.7 Å². The van der Waals surface area contributed by atoms with Gasteiger partial charge in [0.25, 0.3) is 0 Å². The molecule has 0 aliphatic carbocycles. The number of methoxy groups -OCH3 is 1. The van der Waals surface area contributed by atoms with Crippen LogP contribution >= 0.6 is 0 Å². The molecule has 7 heteroatoms. The Morgan fingerprint density at radius 1 is 1.33 bits per heavy atom. The summed E-state index contributed by atoms with van der Waals surface area (Å²) in [5.41, 5.74) is 0. The monoisotopic (exact) mass is 260 g/mol. The Morgan fingerprint density at radius 2 is 2.00 bits per heavy atom. The lowest BCUT2D eigenvalue weighted by Gasteiger charge is -2.14. The van der Waals surface area contributed by atoms with Crippen LogP contribution in [0.15, 0.2) is 0 Å². The minimum atomic E-state index is -1.16. The molecule has 0 aromatic heterocycles. The number of hydrogen-bond donors (Lipinski definition) is 3. The van der Waals surface area contributed by atoms with Gasteiger partial charge < -0.3 is 20.5 Å². The van der Waals surface area contributed by atoms with Crippen LogP contribution < -0.4 is 10.6 Å². The lowest BCUT2D eigenvalue weighted by atomic mass is 10.1. The number of ether oxygens (including phenoxy) is 1. The Bertz CT molecular complexity index is 293. The van der Waals surface area contributed by atoms with E-state index in [9.17, 15) is 14.4 Å². The van der Waals surface area contributed by atoms with Crippen LogP contribution in [0.2, 0.25) is 0 Å². The van der Waals surface area contributed by atoms with Crippen molar-refractivity contribution in [3.8, 4) is 0 Å². The number of carbonyl (C=O) groups is 3. The molecule has 0 aliphatic heterocycles. The number of rotatable bonds is 9. The molecule has 7 nitrogen and oxygen atoms in total. The fourth-order valence-electron chi connectivity index (χ4n) is 1.25. The highest BCUT2D eigenvalue weighted by Crippen LogP contribution is 1.99. The van der Waals surface area contributed by atoms with Crippen LogP contribution in [0.25, 0.3) is 0 Å². The second-order valence-corrected chi connectivity index (χ2v) is 3.75. The maximum atomic E-state index is 11.4. The SMILES string of the molecule is CCCNCC(=O)N[C@@H](CCC(=O)OC)C(=O)O. The van der Waals surface area contributed by atoms with E-state index >= 15 is 0 Å². The predicted molar refractivity (Wildman–Crippen MR) is 64.0 cm³/mol. The topological polar surface area (TPSA) is 105 Å². The Kier molecular flexibility index (Phi) is 8.55. The van der Waals surface area contributed by atoms with Gasteiger partial charge in [0.15, 0.2) is 0 Å². The van der Waals surface area contributed by atoms with Crippen LogP contribution in [-0.4, -0.2) is 49.2 Å². The second-order valence-electron chi connectivity index (χ2n) is 3.75. The van der Waals surface area contributed by atoms with E-state index in [1.54, 1.807) is 0 Å². The number of amides is 1. The highest BCUT2D eigenvalue weighted by molar-refractivity contribution is 5.85. The molecule has 0 heterocycles. The summed E-state index contributed by atoms with van der Waals surface area (Å²) in [4.78, 5) is 33.2. The number of hydrogen-bond acceptors (Lipinski definition) is 5. The zero-order valence-electron chi connectivity index (χ0n) is 10.7. The molecule has 1 atom stereocenters. The summed E-state index contributed by atoms with van der Waals surface area (Å²) in [7, 11) is 1.23. The molecule has 0 radical (unpaired) electrons. The fraction of sp³-hybridized carbons (Fsp3) is 0.727. The van der Waals surface area contributed by atoms with E-state index in [-0.39, 0.29) is 19.4 Å². The van der Waals surface area contributed by atoms with Gasteiger partial charge in [-0.15, -0.1) is 0 Å². The zero-order valence-corrected chi connectivity index (χ0v) is 10.7. The van der Waals surface area contributed by atoms with Crippen LogP contribution in [0.1, 0.15) is 26.2 Å². The van der Waals surface area contributed by atoms with Gasteiger partial charge in [0.2, 0.25) is 5.91 Å². The summed E-state index contributed by atoms with van der Waals surface area (Å²) in [6.45, 7) is 2.71. The predicted octanol–water partition coefficient (Wildman–Crippen LogP) is -0.491. The van der Waals surface area contributed by atoms with E-state index in [4.69, 9.17) is 5.11 Å². The maximum Gasteiger partial charge on any atom is 0.326 e. The Morgan fingerprint density at radius 3 is 2.50 bits per heavy atom. The molecule has 18 heavy (non-hydrogen) atoms. The summed E-state index contributed by atoms with van der Waals surface area (Å²) >= 11 is 0. The van der Waals surface area contributed by atoms with Gasteiger partial charge in [-0.3, -0.25) is 9.59 Å². The van der Waals surface area contributed by atoms with Crippen LogP contribution in [0, 0.1) is 0 Å². The first-order chi connectivity index (χ1) is 8.51. The first-order valence-electron chi connectivity index (χ1n) is 5.81. The number of carboxylic acid groups (broad SMARTS) is 1. The van der Waals surface area contributed by atoms with E-state index in [0.29, 0.717) is 6.54 Å². The number of carbonyl (C=O) groups excluding carboxylic acids is 2. The van der Waals surface area contributed by atoms with Crippen molar-refractivity contribution in [1.29, 1.82) is 0 Å². The molecule has 0 bridgehead atoms. The van der Waals surface area contributed by atoms with Crippen molar-refractivity contribution in [1.82, 2.24) is 10.6 Å². The minimum absolute atomic E-state index is 0.0154. The molecule has 0 aliphatic rings.